The molecule has 1 aromatic rings. The average Bonchev–Trinajstić information content (AvgIpc) is 2.26. The number of aromatic nitrogens is 2. The van der Waals surface area contributed by atoms with Crippen molar-refractivity contribution in [3.8, 4) is 0 Å². The Kier molecular flexibility index (Phi) is 3.89. The van der Waals surface area contributed by atoms with Crippen LogP contribution in [0, 0.1) is 0 Å². The van der Waals surface area contributed by atoms with E-state index in [1.54, 1.807) is 0 Å². The van der Waals surface area contributed by atoms with Gasteiger partial charge in [0, 0.05) is 6.54 Å². The van der Waals surface area contributed by atoms with Gasteiger partial charge >= 0.3 is 6.18 Å². The maximum Gasteiger partial charge on any atom is 0.435 e. The van der Waals surface area contributed by atoms with Crippen LogP contribution in [0.5, 0.6) is 0 Å². The number of hydrogen-bond acceptors (Lipinski definition) is 5. The van der Waals surface area contributed by atoms with Crippen molar-refractivity contribution in [3.05, 3.63) is 17.8 Å². The summed E-state index contributed by atoms with van der Waals surface area (Å²) in [7, 11) is 0. The molecular formula is C9H12F3N3O2. The first-order valence-corrected chi connectivity index (χ1v) is 4.73. The van der Waals surface area contributed by atoms with Gasteiger partial charge in [-0.25, -0.2) is 0 Å². The standard InChI is InChI=1S/C9H12F3N3O2/c1-8(17,5-16)4-13-7-3-2-6(14-15-7)9(10,11)12/h2-3,16-17H,4-5H2,1H3,(H,13,15). The first-order chi connectivity index (χ1) is 7.74. The summed E-state index contributed by atoms with van der Waals surface area (Å²) in [5.41, 5.74) is -2.46. The Labute approximate surface area is 95.3 Å². The second kappa shape index (κ2) is 4.84. The highest BCUT2D eigenvalue weighted by Gasteiger charge is 2.32. The van der Waals surface area contributed by atoms with Gasteiger partial charge in [0.25, 0.3) is 0 Å². The molecular weight excluding hydrogens is 239 g/mol. The molecule has 17 heavy (non-hydrogen) atoms. The van der Waals surface area contributed by atoms with Crippen LogP contribution >= 0.6 is 0 Å². The largest absolute Gasteiger partial charge is 0.435 e. The summed E-state index contributed by atoms with van der Waals surface area (Å²) in [4.78, 5) is 0. The predicted molar refractivity (Wildman–Crippen MR) is 53.2 cm³/mol. The lowest BCUT2D eigenvalue weighted by Crippen LogP contribution is -2.37. The first kappa shape index (κ1) is 13.7. The van der Waals surface area contributed by atoms with E-state index >= 15 is 0 Å². The maximum atomic E-state index is 12.2. The van der Waals surface area contributed by atoms with Crippen LogP contribution in [0.4, 0.5) is 19.0 Å². The second-order valence-electron chi connectivity index (χ2n) is 3.81. The summed E-state index contributed by atoms with van der Waals surface area (Å²) in [5, 5.41) is 27.0. The molecule has 0 saturated heterocycles. The zero-order valence-electron chi connectivity index (χ0n) is 8.99. The van der Waals surface area contributed by atoms with Crippen molar-refractivity contribution in [1.29, 1.82) is 0 Å². The molecule has 0 saturated carbocycles. The van der Waals surface area contributed by atoms with Crippen LogP contribution in [-0.4, -0.2) is 39.2 Å². The lowest BCUT2D eigenvalue weighted by Gasteiger charge is -2.20. The fourth-order valence-electron chi connectivity index (χ4n) is 0.915. The predicted octanol–water partition coefficient (Wildman–Crippen LogP) is 0.651. The van der Waals surface area contributed by atoms with E-state index in [9.17, 15) is 18.3 Å². The van der Waals surface area contributed by atoms with E-state index in [2.05, 4.69) is 15.5 Å². The average molecular weight is 251 g/mol. The molecule has 0 aromatic carbocycles. The molecule has 1 atom stereocenters. The molecule has 5 nitrogen and oxygen atoms in total. The Morgan fingerprint density at radius 2 is 1.94 bits per heavy atom. The Bertz CT molecular complexity index is 365. The SMILES string of the molecule is CC(O)(CO)CNc1ccc(C(F)(F)F)nn1. The number of halogens is 3. The lowest BCUT2D eigenvalue weighted by atomic mass is 10.1. The van der Waals surface area contributed by atoms with Crippen molar-refractivity contribution >= 4 is 5.82 Å². The minimum absolute atomic E-state index is 0.0520. The van der Waals surface area contributed by atoms with E-state index in [-0.39, 0.29) is 12.4 Å². The van der Waals surface area contributed by atoms with Crippen LogP contribution < -0.4 is 5.32 Å². The third kappa shape index (κ3) is 4.16. The van der Waals surface area contributed by atoms with Gasteiger partial charge in [-0.3, -0.25) is 0 Å². The van der Waals surface area contributed by atoms with E-state index in [1.807, 2.05) is 0 Å². The second-order valence-corrected chi connectivity index (χ2v) is 3.81. The van der Waals surface area contributed by atoms with Gasteiger partial charge in [0.2, 0.25) is 0 Å². The Morgan fingerprint density at radius 1 is 1.29 bits per heavy atom. The van der Waals surface area contributed by atoms with Gasteiger partial charge in [-0.1, -0.05) is 0 Å². The molecule has 96 valence electrons. The highest BCUT2D eigenvalue weighted by atomic mass is 19.4. The zero-order valence-corrected chi connectivity index (χ0v) is 8.99. The monoisotopic (exact) mass is 251 g/mol. The van der Waals surface area contributed by atoms with Crippen molar-refractivity contribution < 1.29 is 23.4 Å². The molecule has 0 aliphatic heterocycles. The molecule has 0 fully saturated rings. The molecule has 1 unspecified atom stereocenters. The van der Waals surface area contributed by atoms with Crippen LogP contribution in [0.15, 0.2) is 12.1 Å². The van der Waals surface area contributed by atoms with Crippen LogP contribution in [0.3, 0.4) is 0 Å². The molecule has 0 aliphatic rings. The maximum absolute atomic E-state index is 12.2. The molecule has 0 aliphatic carbocycles. The summed E-state index contributed by atoms with van der Waals surface area (Å²) in [6.07, 6.45) is -4.53. The smallest absolute Gasteiger partial charge is 0.393 e. The summed E-state index contributed by atoms with van der Waals surface area (Å²) in [6.45, 7) is 0.842. The highest BCUT2D eigenvalue weighted by Crippen LogP contribution is 2.27. The number of alkyl halides is 3. The zero-order chi connectivity index (χ0) is 13.1. The Morgan fingerprint density at radius 3 is 2.35 bits per heavy atom. The Hall–Kier alpha value is -1.41. The quantitative estimate of drug-likeness (QED) is 0.732. The first-order valence-electron chi connectivity index (χ1n) is 4.73. The third-order valence-electron chi connectivity index (χ3n) is 1.95. The number of hydrogen-bond donors (Lipinski definition) is 3. The highest BCUT2D eigenvalue weighted by molar-refractivity contribution is 5.33. The van der Waals surface area contributed by atoms with Crippen molar-refractivity contribution in [2.45, 2.75) is 18.7 Å². The number of aliphatic hydroxyl groups is 2. The number of anilines is 1. The Balaban J connectivity index is 2.64. The molecule has 1 rings (SSSR count). The molecule has 3 N–H and O–H groups in total. The van der Waals surface area contributed by atoms with Crippen LogP contribution in [0.25, 0.3) is 0 Å². The minimum atomic E-state index is -4.53. The topological polar surface area (TPSA) is 78.3 Å². The van der Waals surface area contributed by atoms with Gasteiger partial charge in [0.05, 0.1) is 6.61 Å². The number of rotatable bonds is 4. The van der Waals surface area contributed by atoms with Crippen molar-refractivity contribution in [2.24, 2.45) is 0 Å². The molecule has 1 aromatic heterocycles. The molecule has 8 heteroatoms. The van der Waals surface area contributed by atoms with Crippen molar-refractivity contribution in [3.63, 3.8) is 0 Å². The fourth-order valence-corrected chi connectivity index (χ4v) is 0.915. The molecule has 0 radical (unpaired) electrons. The summed E-state index contributed by atoms with van der Waals surface area (Å²) >= 11 is 0. The minimum Gasteiger partial charge on any atom is -0.393 e. The van der Waals surface area contributed by atoms with Gasteiger partial charge in [0.15, 0.2) is 5.69 Å². The van der Waals surface area contributed by atoms with E-state index in [4.69, 9.17) is 5.11 Å². The summed E-state index contributed by atoms with van der Waals surface area (Å²) < 4.78 is 36.5. The van der Waals surface area contributed by atoms with Gasteiger partial charge in [-0.05, 0) is 19.1 Å². The van der Waals surface area contributed by atoms with Crippen LogP contribution in [0.1, 0.15) is 12.6 Å². The summed E-state index contributed by atoms with van der Waals surface area (Å²) in [5.74, 6) is 0.0896. The fraction of sp³-hybridized carbons (Fsp3) is 0.556. The molecule has 0 amide bonds. The van der Waals surface area contributed by atoms with Crippen LogP contribution in [-0.2, 0) is 6.18 Å². The van der Waals surface area contributed by atoms with Gasteiger partial charge in [-0.2, -0.15) is 13.2 Å². The van der Waals surface area contributed by atoms with E-state index in [0.717, 1.165) is 12.1 Å². The van der Waals surface area contributed by atoms with Gasteiger partial charge in [0.1, 0.15) is 11.4 Å². The van der Waals surface area contributed by atoms with Crippen molar-refractivity contribution in [1.82, 2.24) is 10.2 Å². The molecule has 1 heterocycles. The number of nitrogens with zero attached hydrogens (tertiary/aromatic N) is 2. The van der Waals surface area contributed by atoms with E-state index in [1.165, 1.54) is 6.92 Å². The molecule has 0 bridgehead atoms. The lowest BCUT2D eigenvalue weighted by molar-refractivity contribution is -0.141. The number of nitrogens with one attached hydrogen (secondary N) is 1. The third-order valence-corrected chi connectivity index (χ3v) is 1.95. The van der Waals surface area contributed by atoms with Crippen molar-refractivity contribution in [2.75, 3.05) is 18.5 Å². The van der Waals surface area contributed by atoms with E-state index < -0.39 is 24.1 Å². The number of aliphatic hydroxyl groups excluding tert-OH is 1. The molecule has 0 spiro atoms. The van der Waals surface area contributed by atoms with E-state index in [0.29, 0.717) is 0 Å². The summed E-state index contributed by atoms with van der Waals surface area (Å²) in [6, 6.07) is 1.88. The van der Waals surface area contributed by atoms with Crippen LogP contribution in [0.2, 0.25) is 0 Å². The van der Waals surface area contributed by atoms with Gasteiger partial charge < -0.3 is 15.5 Å². The van der Waals surface area contributed by atoms with Gasteiger partial charge in [-0.15, -0.1) is 10.2 Å². The normalized spacial score (nSPS) is 15.4.